The van der Waals surface area contributed by atoms with Crippen molar-refractivity contribution in [1.82, 2.24) is 14.6 Å². The number of imidazole rings is 1. The van der Waals surface area contributed by atoms with Gasteiger partial charge in [-0.15, -0.1) is 16.4 Å². The molecular weight excluding hydrogens is 450 g/mol. The molecule has 10 heteroatoms. The lowest BCUT2D eigenvalue weighted by atomic mass is 10.2. The number of aromatic nitrogens is 3. The first-order valence-corrected chi connectivity index (χ1v) is 10.7. The van der Waals surface area contributed by atoms with Gasteiger partial charge >= 0.3 is 6.61 Å². The van der Waals surface area contributed by atoms with Crippen LogP contribution in [-0.2, 0) is 0 Å². The number of alkyl halides is 2. The quantitative estimate of drug-likeness (QED) is 0.317. The lowest BCUT2D eigenvalue weighted by Gasteiger charge is -2.11. The summed E-state index contributed by atoms with van der Waals surface area (Å²) in [6.07, 6.45) is 1.71. The zero-order valence-electron chi connectivity index (χ0n) is 17.6. The van der Waals surface area contributed by atoms with Crippen LogP contribution in [-0.4, -0.2) is 35.4 Å². The largest absolute Gasteiger partial charge is 0.493 e. The Morgan fingerprint density at radius 2 is 1.82 bits per heavy atom. The second-order valence-electron chi connectivity index (χ2n) is 6.99. The predicted molar refractivity (Wildman–Crippen MR) is 123 cm³/mol. The molecule has 0 radical (unpaired) electrons. The number of anilines is 2. The monoisotopic (exact) mass is 468 g/mol. The number of hydrogen-bond donors (Lipinski definition) is 1. The number of nitrogens with zero attached hydrogens (tertiary/aromatic N) is 3. The summed E-state index contributed by atoms with van der Waals surface area (Å²) < 4.78 is 43.2. The SMILES string of the molecule is COc1ccc(Nc2ccc3ncc(-c4cc5cccc(OC(F)F)c5s4)n3n2)cc1OC. The molecule has 7 nitrogen and oxygen atoms in total. The van der Waals surface area contributed by atoms with Crippen LogP contribution in [0.3, 0.4) is 0 Å². The Hall–Kier alpha value is -3.92. The Labute approximate surface area is 191 Å². The fourth-order valence-corrected chi connectivity index (χ4v) is 4.63. The molecule has 0 aliphatic rings. The lowest BCUT2D eigenvalue weighted by molar-refractivity contribution is -0.0486. The number of hydrogen-bond acceptors (Lipinski definition) is 7. The zero-order chi connectivity index (χ0) is 22.9. The van der Waals surface area contributed by atoms with E-state index in [9.17, 15) is 8.78 Å². The number of rotatable bonds is 7. The van der Waals surface area contributed by atoms with Crippen LogP contribution in [0, 0.1) is 0 Å². The predicted octanol–water partition coefficient (Wildman–Crippen LogP) is 5.97. The molecule has 0 atom stereocenters. The van der Waals surface area contributed by atoms with Crippen LogP contribution in [0.1, 0.15) is 0 Å². The molecule has 0 saturated heterocycles. The molecule has 0 unspecified atom stereocenters. The third kappa shape index (κ3) is 4.00. The highest BCUT2D eigenvalue weighted by Gasteiger charge is 2.15. The smallest absolute Gasteiger partial charge is 0.387 e. The standard InChI is InChI=1S/C23H18F2N4O3S/c1-30-16-7-6-14(11-18(16)31-2)27-20-8-9-21-26-12-15(29(21)28-20)19-10-13-4-3-5-17(22(13)33-19)32-23(24)25/h3-12,23H,1-2H3,(H,27,28). The summed E-state index contributed by atoms with van der Waals surface area (Å²) in [5, 5.41) is 8.73. The van der Waals surface area contributed by atoms with E-state index in [1.54, 1.807) is 37.1 Å². The number of halogens is 2. The van der Waals surface area contributed by atoms with E-state index in [1.807, 2.05) is 36.4 Å². The number of thiophene rings is 1. The van der Waals surface area contributed by atoms with Crippen molar-refractivity contribution in [3.63, 3.8) is 0 Å². The van der Waals surface area contributed by atoms with Crippen LogP contribution in [0.25, 0.3) is 26.3 Å². The molecule has 0 spiro atoms. The molecular formula is C23H18F2N4O3S. The second kappa shape index (κ2) is 8.55. The molecule has 0 amide bonds. The summed E-state index contributed by atoms with van der Waals surface area (Å²) >= 11 is 1.35. The number of fused-ring (bicyclic) bond motifs is 2. The molecule has 168 valence electrons. The first kappa shape index (κ1) is 21.0. The summed E-state index contributed by atoms with van der Waals surface area (Å²) in [5.74, 6) is 1.97. The first-order valence-electron chi connectivity index (χ1n) is 9.87. The summed E-state index contributed by atoms with van der Waals surface area (Å²) in [6, 6.07) is 16.1. The molecule has 0 aliphatic heterocycles. The molecule has 3 aromatic heterocycles. The van der Waals surface area contributed by atoms with E-state index < -0.39 is 6.61 Å². The molecule has 5 rings (SSSR count). The molecule has 33 heavy (non-hydrogen) atoms. The van der Waals surface area contributed by atoms with Crippen LogP contribution in [0.4, 0.5) is 20.3 Å². The Morgan fingerprint density at radius 3 is 2.61 bits per heavy atom. The van der Waals surface area contributed by atoms with Gasteiger partial charge in [0.25, 0.3) is 0 Å². The van der Waals surface area contributed by atoms with E-state index in [-0.39, 0.29) is 5.75 Å². The van der Waals surface area contributed by atoms with Gasteiger partial charge in [-0.2, -0.15) is 8.78 Å². The topological polar surface area (TPSA) is 69.9 Å². The van der Waals surface area contributed by atoms with Gasteiger partial charge in [-0.05, 0) is 41.8 Å². The highest BCUT2D eigenvalue weighted by Crippen LogP contribution is 2.39. The first-order chi connectivity index (χ1) is 16.1. The van der Waals surface area contributed by atoms with Gasteiger partial charge < -0.3 is 19.5 Å². The van der Waals surface area contributed by atoms with E-state index in [4.69, 9.17) is 9.47 Å². The zero-order valence-corrected chi connectivity index (χ0v) is 18.4. The number of methoxy groups -OCH3 is 2. The van der Waals surface area contributed by atoms with Crippen LogP contribution in [0.5, 0.6) is 17.2 Å². The van der Waals surface area contributed by atoms with Crippen molar-refractivity contribution in [3.05, 3.63) is 60.8 Å². The highest BCUT2D eigenvalue weighted by molar-refractivity contribution is 7.22. The maximum Gasteiger partial charge on any atom is 0.387 e. The molecule has 3 heterocycles. The maximum atomic E-state index is 12.8. The summed E-state index contributed by atoms with van der Waals surface area (Å²) in [7, 11) is 3.16. The summed E-state index contributed by atoms with van der Waals surface area (Å²) in [4.78, 5) is 5.26. The Morgan fingerprint density at radius 1 is 0.970 bits per heavy atom. The van der Waals surface area contributed by atoms with E-state index in [0.717, 1.165) is 21.6 Å². The Balaban J connectivity index is 1.52. The van der Waals surface area contributed by atoms with Gasteiger partial charge in [-0.3, -0.25) is 0 Å². The van der Waals surface area contributed by atoms with Gasteiger partial charge in [0.05, 0.1) is 30.0 Å². The average molecular weight is 468 g/mol. The van der Waals surface area contributed by atoms with Crippen molar-refractivity contribution >= 4 is 38.6 Å². The Bertz CT molecular complexity index is 1450. The Kier molecular flexibility index (Phi) is 5.43. The van der Waals surface area contributed by atoms with Crippen molar-refractivity contribution in [1.29, 1.82) is 0 Å². The van der Waals surface area contributed by atoms with Crippen molar-refractivity contribution < 1.29 is 23.0 Å². The van der Waals surface area contributed by atoms with Gasteiger partial charge in [-0.1, -0.05) is 12.1 Å². The minimum Gasteiger partial charge on any atom is -0.493 e. The van der Waals surface area contributed by atoms with Crippen LogP contribution in [0.15, 0.2) is 60.8 Å². The minimum absolute atomic E-state index is 0.149. The fourth-order valence-electron chi connectivity index (χ4n) is 3.52. The van der Waals surface area contributed by atoms with E-state index in [0.29, 0.717) is 27.7 Å². The molecule has 0 bridgehead atoms. The van der Waals surface area contributed by atoms with Crippen molar-refractivity contribution in [2.24, 2.45) is 0 Å². The van der Waals surface area contributed by atoms with Crippen LogP contribution >= 0.6 is 11.3 Å². The number of benzene rings is 2. The fraction of sp³-hybridized carbons (Fsp3) is 0.130. The van der Waals surface area contributed by atoms with Crippen LogP contribution < -0.4 is 19.5 Å². The molecule has 0 saturated carbocycles. The minimum atomic E-state index is -2.89. The van der Waals surface area contributed by atoms with E-state index in [1.165, 1.54) is 17.4 Å². The van der Waals surface area contributed by atoms with Crippen LogP contribution in [0.2, 0.25) is 0 Å². The van der Waals surface area contributed by atoms with Gasteiger partial charge in [0, 0.05) is 11.8 Å². The molecule has 0 fully saturated rings. The maximum absolute atomic E-state index is 12.8. The second-order valence-corrected chi connectivity index (χ2v) is 8.04. The molecule has 5 aromatic rings. The van der Waals surface area contributed by atoms with Gasteiger partial charge in [0.15, 0.2) is 23.0 Å². The molecule has 1 N–H and O–H groups in total. The van der Waals surface area contributed by atoms with E-state index in [2.05, 4.69) is 20.1 Å². The average Bonchev–Trinajstić information content (AvgIpc) is 3.43. The number of nitrogens with one attached hydrogen (secondary N) is 1. The molecule has 2 aromatic carbocycles. The van der Waals surface area contributed by atoms with Crippen molar-refractivity contribution in [3.8, 4) is 27.8 Å². The third-order valence-electron chi connectivity index (χ3n) is 4.99. The van der Waals surface area contributed by atoms with Gasteiger partial charge in [-0.25, -0.2) is 9.50 Å². The summed E-state index contributed by atoms with van der Waals surface area (Å²) in [5.41, 5.74) is 2.17. The third-order valence-corrected chi connectivity index (χ3v) is 6.18. The van der Waals surface area contributed by atoms with E-state index >= 15 is 0 Å². The van der Waals surface area contributed by atoms with Crippen molar-refractivity contribution in [2.75, 3.05) is 19.5 Å². The highest BCUT2D eigenvalue weighted by atomic mass is 32.1. The van der Waals surface area contributed by atoms with Crippen molar-refractivity contribution in [2.45, 2.75) is 6.61 Å². The number of ether oxygens (including phenoxy) is 3. The normalized spacial score (nSPS) is 11.3. The summed E-state index contributed by atoms with van der Waals surface area (Å²) in [6.45, 7) is -2.89. The van der Waals surface area contributed by atoms with Gasteiger partial charge in [0.2, 0.25) is 0 Å². The lowest BCUT2D eigenvalue weighted by Crippen LogP contribution is -2.01. The molecule has 0 aliphatic carbocycles. The van der Waals surface area contributed by atoms with Gasteiger partial charge in [0.1, 0.15) is 11.4 Å².